The van der Waals surface area contributed by atoms with Crippen molar-refractivity contribution in [2.24, 2.45) is 16.1 Å². The number of nitrogens with zero attached hydrogens (tertiary/aromatic N) is 1. The van der Waals surface area contributed by atoms with Crippen LogP contribution >= 0.6 is 24.0 Å². The number of nitrogens with two attached hydrogens (primary N) is 1. The summed E-state index contributed by atoms with van der Waals surface area (Å²) in [7, 11) is 3.21. The Morgan fingerprint density at radius 1 is 1.13 bits per heavy atom. The number of ether oxygens (including phenoxy) is 2. The molecule has 0 amide bonds. The van der Waals surface area contributed by atoms with E-state index < -0.39 is 0 Å². The summed E-state index contributed by atoms with van der Waals surface area (Å²) in [5.41, 5.74) is 7.11. The van der Waals surface area contributed by atoms with Crippen molar-refractivity contribution in [1.82, 2.24) is 0 Å². The average Bonchev–Trinajstić information content (AvgIpc) is 2.45. The van der Waals surface area contributed by atoms with E-state index in [-0.39, 0.29) is 24.0 Å². The highest BCUT2D eigenvalue weighted by atomic mass is 127. The van der Waals surface area contributed by atoms with Crippen molar-refractivity contribution in [3.8, 4) is 11.5 Å². The van der Waals surface area contributed by atoms with Gasteiger partial charge in [0.1, 0.15) is 0 Å². The number of benzene rings is 1. The van der Waals surface area contributed by atoms with Crippen molar-refractivity contribution >= 4 is 35.6 Å². The summed E-state index contributed by atoms with van der Waals surface area (Å²) in [4.78, 5) is 4.35. The van der Waals surface area contributed by atoms with E-state index in [4.69, 9.17) is 15.2 Å². The molecule has 0 unspecified atom stereocenters. The predicted molar refractivity (Wildman–Crippen MR) is 108 cm³/mol. The van der Waals surface area contributed by atoms with Gasteiger partial charge in [-0.3, -0.25) is 4.99 Å². The zero-order valence-electron chi connectivity index (χ0n) is 14.8. The minimum atomic E-state index is 0. The van der Waals surface area contributed by atoms with Crippen molar-refractivity contribution in [2.45, 2.75) is 40.0 Å². The number of hydrogen-bond donors (Lipinski definition) is 2. The van der Waals surface area contributed by atoms with Crippen LogP contribution in [0.1, 0.15) is 40.0 Å². The molecule has 23 heavy (non-hydrogen) atoms. The lowest BCUT2D eigenvalue weighted by molar-refractivity contribution is 0.355. The third kappa shape index (κ3) is 8.88. The van der Waals surface area contributed by atoms with E-state index in [0.29, 0.717) is 22.9 Å². The number of hydrogen-bond acceptors (Lipinski definition) is 3. The number of anilines is 1. The van der Waals surface area contributed by atoms with Crippen LogP contribution in [0.5, 0.6) is 11.5 Å². The second kappa shape index (κ2) is 10.6. The van der Waals surface area contributed by atoms with Crippen LogP contribution in [-0.4, -0.2) is 26.7 Å². The molecule has 1 aromatic rings. The molecule has 0 bridgehead atoms. The van der Waals surface area contributed by atoms with Gasteiger partial charge < -0.3 is 20.5 Å². The number of guanidine groups is 1. The molecule has 0 saturated carbocycles. The molecule has 0 saturated heterocycles. The summed E-state index contributed by atoms with van der Waals surface area (Å²) in [6.07, 6.45) is 3.41. The molecule has 0 aromatic heterocycles. The molecule has 0 radical (unpaired) electrons. The zero-order valence-corrected chi connectivity index (χ0v) is 17.1. The first kappa shape index (κ1) is 21.8. The topological polar surface area (TPSA) is 68.9 Å². The van der Waals surface area contributed by atoms with E-state index in [2.05, 4.69) is 31.1 Å². The Kier molecular flexibility index (Phi) is 10.0. The average molecular weight is 435 g/mol. The van der Waals surface area contributed by atoms with E-state index in [9.17, 15) is 0 Å². The fourth-order valence-electron chi connectivity index (χ4n) is 2.07. The van der Waals surface area contributed by atoms with Crippen molar-refractivity contribution in [3.63, 3.8) is 0 Å². The monoisotopic (exact) mass is 435 g/mol. The van der Waals surface area contributed by atoms with E-state index in [1.165, 1.54) is 6.42 Å². The number of methoxy groups -OCH3 is 2. The van der Waals surface area contributed by atoms with Crippen molar-refractivity contribution in [1.29, 1.82) is 0 Å². The SMILES string of the molecule is COc1ccc(NC(N)=NCCCCC(C)(C)C)cc1OC.I. The molecular formula is C17H30IN3O2. The maximum atomic E-state index is 5.90. The third-order valence-corrected chi connectivity index (χ3v) is 3.27. The number of unbranched alkanes of at least 4 members (excludes halogenated alkanes) is 1. The summed E-state index contributed by atoms with van der Waals surface area (Å²) < 4.78 is 10.5. The Balaban J connectivity index is 0.00000484. The minimum Gasteiger partial charge on any atom is -0.493 e. The first-order valence-electron chi connectivity index (χ1n) is 7.64. The highest BCUT2D eigenvalue weighted by Gasteiger charge is 2.08. The summed E-state index contributed by atoms with van der Waals surface area (Å²) in [6, 6.07) is 5.54. The van der Waals surface area contributed by atoms with Crippen LogP contribution in [0.2, 0.25) is 0 Å². The highest BCUT2D eigenvalue weighted by Crippen LogP contribution is 2.29. The molecule has 5 nitrogen and oxygen atoms in total. The molecule has 1 aromatic carbocycles. The summed E-state index contributed by atoms with van der Waals surface area (Å²) in [5.74, 6) is 1.76. The van der Waals surface area contributed by atoms with Crippen molar-refractivity contribution in [3.05, 3.63) is 18.2 Å². The first-order valence-corrected chi connectivity index (χ1v) is 7.64. The van der Waals surface area contributed by atoms with Crippen LogP contribution in [0, 0.1) is 5.41 Å². The normalized spacial score (nSPS) is 11.6. The lowest BCUT2D eigenvalue weighted by atomic mass is 9.90. The van der Waals surface area contributed by atoms with Gasteiger partial charge in [-0.1, -0.05) is 27.2 Å². The van der Waals surface area contributed by atoms with Crippen LogP contribution in [-0.2, 0) is 0 Å². The minimum absolute atomic E-state index is 0. The van der Waals surface area contributed by atoms with Gasteiger partial charge in [0.05, 0.1) is 14.2 Å². The Morgan fingerprint density at radius 3 is 2.35 bits per heavy atom. The van der Waals surface area contributed by atoms with Crippen LogP contribution in [0.25, 0.3) is 0 Å². The van der Waals surface area contributed by atoms with E-state index in [1.807, 2.05) is 18.2 Å². The molecule has 0 aliphatic heterocycles. The maximum absolute atomic E-state index is 5.90. The van der Waals surface area contributed by atoms with Crippen LogP contribution in [0.15, 0.2) is 23.2 Å². The molecule has 6 heteroatoms. The fourth-order valence-corrected chi connectivity index (χ4v) is 2.07. The second-order valence-electron chi connectivity index (χ2n) is 6.48. The highest BCUT2D eigenvalue weighted by molar-refractivity contribution is 14.0. The van der Waals surface area contributed by atoms with Gasteiger partial charge in [0, 0.05) is 18.3 Å². The summed E-state index contributed by atoms with van der Waals surface area (Å²) in [6.45, 7) is 7.50. The van der Waals surface area contributed by atoms with Crippen LogP contribution in [0.3, 0.4) is 0 Å². The molecule has 0 aliphatic rings. The first-order chi connectivity index (χ1) is 10.4. The third-order valence-electron chi connectivity index (χ3n) is 3.27. The van der Waals surface area contributed by atoms with E-state index in [1.54, 1.807) is 14.2 Å². The molecule has 132 valence electrons. The largest absolute Gasteiger partial charge is 0.493 e. The molecule has 0 spiro atoms. The van der Waals surface area contributed by atoms with Crippen molar-refractivity contribution in [2.75, 3.05) is 26.1 Å². The van der Waals surface area contributed by atoms with Gasteiger partial charge in [0.2, 0.25) is 0 Å². The molecule has 0 heterocycles. The number of rotatable bonds is 7. The van der Waals surface area contributed by atoms with Gasteiger partial charge in [-0.05, 0) is 30.4 Å². The van der Waals surface area contributed by atoms with Gasteiger partial charge in [-0.25, -0.2) is 0 Å². The number of halogens is 1. The Labute approximate surface area is 157 Å². The molecule has 0 fully saturated rings. The lowest BCUT2D eigenvalue weighted by Gasteiger charge is -2.17. The lowest BCUT2D eigenvalue weighted by Crippen LogP contribution is -2.22. The molecule has 3 N–H and O–H groups in total. The number of aliphatic imine (C=N–C) groups is 1. The van der Waals surface area contributed by atoms with Crippen molar-refractivity contribution < 1.29 is 9.47 Å². The predicted octanol–water partition coefficient (Wildman–Crippen LogP) is 4.26. The molecule has 0 atom stereocenters. The maximum Gasteiger partial charge on any atom is 0.193 e. The van der Waals surface area contributed by atoms with E-state index >= 15 is 0 Å². The summed E-state index contributed by atoms with van der Waals surface area (Å²) >= 11 is 0. The van der Waals surface area contributed by atoms with E-state index in [0.717, 1.165) is 25.1 Å². The van der Waals surface area contributed by atoms with Crippen LogP contribution < -0.4 is 20.5 Å². The summed E-state index contributed by atoms with van der Waals surface area (Å²) in [5, 5.41) is 3.07. The smallest absolute Gasteiger partial charge is 0.193 e. The molecule has 1 rings (SSSR count). The van der Waals surface area contributed by atoms with Gasteiger partial charge in [0.15, 0.2) is 17.5 Å². The Morgan fingerprint density at radius 2 is 1.78 bits per heavy atom. The quantitative estimate of drug-likeness (QED) is 0.291. The van der Waals surface area contributed by atoms with Gasteiger partial charge in [-0.2, -0.15) is 0 Å². The fraction of sp³-hybridized carbons (Fsp3) is 0.588. The Bertz CT molecular complexity index is 499. The van der Waals surface area contributed by atoms with Gasteiger partial charge in [-0.15, -0.1) is 24.0 Å². The number of nitrogens with one attached hydrogen (secondary N) is 1. The van der Waals surface area contributed by atoms with Gasteiger partial charge in [0.25, 0.3) is 0 Å². The van der Waals surface area contributed by atoms with Crippen LogP contribution in [0.4, 0.5) is 5.69 Å². The standard InChI is InChI=1S/C17H29N3O2.HI/c1-17(2,3)10-6-7-11-19-16(18)20-13-8-9-14(21-4)15(12-13)22-5;/h8-9,12H,6-7,10-11H2,1-5H3,(H3,18,19,20);1H. The van der Waals surface area contributed by atoms with Gasteiger partial charge >= 0.3 is 0 Å². The second-order valence-corrected chi connectivity index (χ2v) is 6.48. The molecule has 0 aliphatic carbocycles. The zero-order chi connectivity index (χ0) is 16.6. The Hall–Kier alpha value is -1.18. The molecular weight excluding hydrogens is 405 g/mol.